The van der Waals surface area contributed by atoms with Crippen LogP contribution in [0.1, 0.15) is 12.0 Å². The van der Waals surface area contributed by atoms with E-state index in [1.54, 1.807) is 18.2 Å². The smallest absolute Gasteiger partial charge is 0.307 e. The summed E-state index contributed by atoms with van der Waals surface area (Å²) in [4.78, 5) is 11.4. The van der Waals surface area contributed by atoms with Gasteiger partial charge in [-0.1, -0.05) is 29.3 Å². The molecule has 7 heteroatoms. The van der Waals surface area contributed by atoms with Gasteiger partial charge in [0.15, 0.2) is 9.84 Å². The molecule has 1 aliphatic heterocycles. The molecule has 1 aromatic carbocycles. The molecule has 1 saturated heterocycles. The van der Waals surface area contributed by atoms with Crippen molar-refractivity contribution in [3.63, 3.8) is 0 Å². The maximum absolute atomic E-state index is 11.5. The van der Waals surface area contributed by atoms with Crippen LogP contribution in [0.3, 0.4) is 0 Å². The van der Waals surface area contributed by atoms with Crippen LogP contribution in [0.15, 0.2) is 18.2 Å². The van der Waals surface area contributed by atoms with E-state index < -0.39 is 21.7 Å². The summed E-state index contributed by atoms with van der Waals surface area (Å²) >= 11 is 12.1. The standard InChI is InChI=1S/C13H14Cl2O4S/c14-11-2-1-3-12(15)10(11)6-9(13(16)17)8-4-5-20(18,19)7-8/h1-3,8-9H,4-7H2,(H,16,17). The highest BCUT2D eigenvalue weighted by molar-refractivity contribution is 7.91. The summed E-state index contributed by atoms with van der Waals surface area (Å²) in [6.45, 7) is 0. The van der Waals surface area contributed by atoms with Crippen molar-refractivity contribution in [2.75, 3.05) is 11.5 Å². The van der Waals surface area contributed by atoms with Gasteiger partial charge in [0.05, 0.1) is 17.4 Å². The monoisotopic (exact) mass is 336 g/mol. The third-order valence-corrected chi connectivity index (χ3v) is 6.14. The van der Waals surface area contributed by atoms with E-state index in [1.807, 2.05) is 0 Å². The van der Waals surface area contributed by atoms with Crippen LogP contribution in [0.2, 0.25) is 10.0 Å². The second-order valence-electron chi connectivity index (χ2n) is 5.01. The Morgan fingerprint density at radius 2 is 1.95 bits per heavy atom. The summed E-state index contributed by atoms with van der Waals surface area (Å²) in [6.07, 6.45) is 0.523. The van der Waals surface area contributed by atoms with Gasteiger partial charge in [0, 0.05) is 10.0 Å². The first-order valence-electron chi connectivity index (χ1n) is 6.16. The van der Waals surface area contributed by atoms with Gasteiger partial charge in [0.2, 0.25) is 0 Å². The van der Waals surface area contributed by atoms with Crippen molar-refractivity contribution in [3.05, 3.63) is 33.8 Å². The molecule has 0 spiro atoms. The molecular weight excluding hydrogens is 323 g/mol. The van der Waals surface area contributed by atoms with Crippen molar-refractivity contribution in [1.82, 2.24) is 0 Å². The molecule has 0 bridgehead atoms. The first-order chi connectivity index (χ1) is 9.30. The Morgan fingerprint density at radius 1 is 1.35 bits per heavy atom. The van der Waals surface area contributed by atoms with Crippen molar-refractivity contribution < 1.29 is 18.3 Å². The molecule has 1 aliphatic rings. The maximum atomic E-state index is 11.5. The van der Waals surface area contributed by atoms with E-state index in [1.165, 1.54) is 0 Å². The number of benzene rings is 1. The van der Waals surface area contributed by atoms with Crippen LogP contribution >= 0.6 is 23.2 Å². The molecule has 20 heavy (non-hydrogen) atoms. The number of carbonyl (C=O) groups is 1. The van der Waals surface area contributed by atoms with Gasteiger partial charge in [-0.05, 0) is 36.5 Å². The minimum Gasteiger partial charge on any atom is -0.481 e. The zero-order valence-electron chi connectivity index (χ0n) is 10.6. The summed E-state index contributed by atoms with van der Waals surface area (Å²) in [6, 6.07) is 4.98. The Hall–Kier alpha value is -0.780. The van der Waals surface area contributed by atoms with Crippen LogP contribution < -0.4 is 0 Å². The normalized spacial score (nSPS) is 22.6. The molecule has 110 valence electrons. The van der Waals surface area contributed by atoms with E-state index in [4.69, 9.17) is 23.2 Å². The lowest BCUT2D eigenvalue weighted by atomic mass is 9.86. The minimum atomic E-state index is -3.12. The number of rotatable bonds is 4. The number of sulfone groups is 1. The van der Waals surface area contributed by atoms with Crippen LogP contribution in [0.25, 0.3) is 0 Å². The highest BCUT2D eigenvalue weighted by Crippen LogP contribution is 2.33. The molecule has 2 unspecified atom stereocenters. The fourth-order valence-electron chi connectivity index (χ4n) is 2.54. The molecule has 0 aromatic heterocycles. The largest absolute Gasteiger partial charge is 0.481 e. The number of hydrogen-bond donors (Lipinski definition) is 1. The number of carboxylic acid groups (broad SMARTS) is 1. The third kappa shape index (κ3) is 3.45. The average Bonchev–Trinajstić information content (AvgIpc) is 2.68. The van der Waals surface area contributed by atoms with Crippen molar-refractivity contribution >= 4 is 39.0 Å². The molecule has 0 saturated carbocycles. The molecule has 2 rings (SSSR count). The Bertz CT molecular complexity index is 607. The van der Waals surface area contributed by atoms with Gasteiger partial charge >= 0.3 is 5.97 Å². The van der Waals surface area contributed by atoms with Crippen molar-refractivity contribution in [1.29, 1.82) is 0 Å². The van der Waals surface area contributed by atoms with Gasteiger partial charge in [0.25, 0.3) is 0 Å². The maximum Gasteiger partial charge on any atom is 0.307 e. The number of halogens is 2. The number of carboxylic acids is 1. The van der Waals surface area contributed by atoms with Gasteiger partial charge in [-0.2, -0.15) is 0 Å². The summed E-state index contributed by atoms with van der Waals surface area (Å²) < 4.78 is 23.0. The van der Waals surface area contributed by atoms with Gasteiger partial charge in [0.1, 0.15) is 0 Å². The van der Waals surface area contributed by atoms with Crippen LogP contribution in [-0.2, 0) is 21.1 Å². The van der Waals surface area contributed by atoms with E-state index in [0.29, 0.717) is 22.0 Å². The molecule has 1 heterocycles. The summed E-state index contributed by atoms with van der Waals surface area (Å²) in [5.74, 6) is -2.21. The molecule has 1 fully saturated rings. The third-order valence-electron chi connectivity index (χ3n) is 3.64. The molecule has 1 N–H and O–H groups in total. The SMILES string of the molecule is O=C(O)C(Cc1c(Cl)cccc1Cl)C1CCS(=O)(=O)C1. The number of aliphatic carboxylic acids is 1. The molecule has 2 atom stereocenters. The minimum absolute atomic E-state index is 0.0533. The Morgan fingerprint density at radius 3 is 2.40 bits per heavy atom. The first-order valence-corrected chi connectivity index (χ1v) is 8.74. The van der Waals surface area contributed by atoms with E-state index in [9.17, 15) is 18.3 Å². The second kappa shape index (κ2) is 5.92. The molecule has 1 aromatic rings. The number of hydrogen-bond acceptors (Lipinski definition) is 3. The van der Waals surface area contributed by atoms with Crippen LogP contribution in [0.5, 0.6) is 0 Å². The first kappa shape index (κ1) is 15.6. The van der Waals surface area contributed by atoms with Crippen molar-refractivity contribution in [2.24, 2.45) is 11.8 Å². The summed E-state index contributed by atoms with van der Waals surface area (Å²) in [5, 5.41) is 10.2. The van der Waals surface area contributed by atoms with Crippen LogP contribution in [-0.4, -0.2) is 31.0 Å². The van der Waals surface area contributed by atoms with E-state index in [-0.39, 0.29) is 23.8 Å². The predicted octanol–water partition coefficient (Wildman–Crippen LogP) is 2.67. The van der Waals surface area contributed by atoms with E-state index >= 15 is 0 Å². The quantitative estimate of drug-likeness (QED) is 0.917. The molecule has 4 nitrogen and oxygen atoms in total. The predicted molar refractivity (Wildman–Crippen MR) is 78.1 cm³/mol. The molecule has 0 aliphatic carbocycles. The van der Waals surface area contributed by atoms with E-state index in [0.717, 1.165) is 0 Å². The Balaban J connectivity index is 2.25. The average molecular weight is 337 g/mol. The molecule has 0 radical (unpaired) electrons. The Labute approximate surface area is 127 Å². The lowest BCUT2D eigenvalue weighted by Gasteiger charge is -2.19. The molecule has 0 amide bonds. The Kier molecular flexibility index (Phi) is 4.62. The van der Waals surface area contributed by atoms with Crippen LogP contribution in [0, 0.1) is 11.8 Å². The highest BCUT2D eigenvalue weighted by Gasteiger charge is 2.37. The topological polar surface area (TPSA) is 71.4 Å². The summed E-state index contributed by atoms with van der Waals surface area (Å²) in [5.41, 5.74) is 0.563. The lowest BCUT2D eigenvalue weighted by Crippen LogP contribution is -2.27. The molecular formula is C13H14Cl2O4S. The highest BCUT2D eigenvalue weighted by atomic mass is 35.5. The fourth-order valence-corrected chi connectivity index (χ4v) is 4.98. The lowest BCUT2D eigenvalue weighted by molar-refractivity contribution is -0.143. The van der Waals surface area contributed by atoms with E-state index in [2.05, 4.69) is 0 Å². The van der Waals surface area contributed by atoms with Crippen molar-refractivity contribution in [2.45, 2.75) is 12.8 Å². The zero-order valence-corrected chi connectivity index (χ0v) is 12.9. The van der Waals surface area contributed by atoms with Gasteiger partial charge in [-0.15, -0.1) is 0 Å². The summed E-state index contributed by atoms with van der Waals surface area (Å²) in [7, 11) is -3.12. The fraction of sp³-hybridized carbons (Fsp3) is 0.462. The van der Waals surface area contributed by atoms with Gasteiger partial charge < -0.3 is 5.11 Å². The van der Waals surface area contributed by atoms with Gasteiger partial charge in [-0.25, -0.2) is 8.42 Å². The van der Waals surface area contributed by atoms with Crippen LogP contribution in [0.4, 0.5) is 0 Å². The second-order valence-corrected chi connectivity index (χ2v) is 8.06. The zero-order chi connectivity index (χ0) is 14.9. The van der Waals surface area contributed by atoms with Crippen molar-refractivity contribution in [3.8, 4) is 0 Å². The van der Waals surface area contributed by atoms with Gasteiger partial charge in [-0.3, -0.25) is 4.79 Å².